The van der Waals surface area contributed by atoms with E-state index in [1.165, 1.54) is 0 Å². The Morgan fingerprint density at radius 1 is 1.44 bits per heavy atom. The fourth-order valence-electron chi connectivity index (χ4n) is 1.46. The molecule has 0 fully saturated rings. The summed E-state index contributed by atoms with van der Waals surface area (Å²) in [5.41, 5.74) is 7.68. The molecule has 98 valence electrons. The van der Waals surface area contributed by atoms with E-state index in [1.807, 2.05) is 31.2 Å². The lowest BCUT2D eigenvalue weighted by Crippen LogP contribution is -2.12. The fraction of sp³-hybridized carbons (Fsp3) is 0.385. The van der Waals surface area contributed by atoms with Gasteiger partial charge in [0.2, 0.25) is 0 Å². The first kappa shape index (κ1) is 15.0. The van der Waals surface area contributed by atoms with Crippen LogP contribution in [0.15, 0.2) is 24.3 Å². The van der Waals surface area contributed by atoms with Gasteiger partial charge in [-0.3, -0.25) is 4.79 Å². The van der Waals surface area contributed by atoms with E-state index in [0.29, 0.717) is 18.0 Å². The number of carbonyl (C=O) groups is 1. The van der Waals surface area contributed by atoms with Gasteiger partial charge >= 0.3 is 5.97 Å². The molecule has 0 aromatic heterocycles. The van der Waals surface area contributed by atoms with Crippen LogP contribution in [0, 0.1) is 0 Å². The molecular weight excluding hydrogens is 266 g/mol. The van der Waals surface area contributed by atoms with Crippen molar-refractivity contribution in [2.24, 2.45) is 5.73 Å². The second-order valence-corrected chi connectivity index (χ2v) is 5.17. The summed E-state index contributed by atoms with van der Waals surface area (Å²) >= 11 is 6.67. The lowest BCUT2D eigenvalue weighted by molar-refractivity contribution is -0.142. The predicted molar refractivity (Wildman–Crippen MR) is 79.7 cm³/mol. The number of carbonyl (C=O) groups excluding carboxylic acids is 1. The molecule has 1 rings (SSSR count). The maximum atomic E-state index is 11.2. The van der Waals surface area contributed by atoms with Gasteiger partial charge in [0.25, 0.3) is 0 Å². The number of hydrogen-bond donors (Lipinski definition) is 1. The van der Waals surface area contributed by atoms with E-state index in [9.17, 15) is 4.79 Å². The van der Waals surface area contributed by atoms with Crippen LogP contribution in [-0.2, 0) is 15.3 Å². The van der Waals surface area contributed by atoms with Gasteiger partial charge in [-0.1, -0.05) is 36.5 Å². The van der Waals surface area contributed by atoms with E-state index in [4.69, 9.17) is 22.7 Å². The molecule has 0 saturated carbocycles. The average Bonchev–Trinajstić information content (AvgIpc) is 2.35. The second-order valence-electron chi connectivity index (χ2n) is 3.63. The van der Waals surface area contributed by atoms with Gasteiger partial charge < -0.3 is 10.5 Å². The van der Waals surface area contributed by atoms with Crippen molar-refractivity contribution in [1.82, 2.24) is 0 Å². The summed E-state index contributed by atoms with van der Waals surface area (Å²) in [5, 5.41) is 0. The number of esters is 1. The number of hydrogen-bond acceptors (Lipinski definition) is 4. The smallest absolute Gasteiger partial charge is 0.306 e. The van der Waals surface area contributed by atoms with Gasteiger partial charge in [0, 0.05) is 17.1 Å². The summed E-state index contributed by atoms with van der Waals surface area (Å²) in [7, 11) is 0. The monoisotopic (exact) mass is 283 g/mol. The molecule has 0 heterocycles. The predicted octanol–water partition coefficient (Wildman–Crippen LogP) is 2.51. The van der Waals surface area contributed by atoms with Crippen molar-refractivity contribution in [1.29, 1.82) is 0 Å². The van der Waals surface area contributed by atoms with Gasteiger partial charge in [-0.2, -0.15) is 11.8 Å². The SMILES string of the molecule is CCOC(=O)CCSCc1ccccc1C(N)=S. The van der Waals surface area contributed by atoms with Gasteiger partial charge in [-0.05, 0) is 12.5 Å². The van der Waals surface area contributed by atoms with E-state index < -0.39 is 0 Å². The largest absolute Gasteiger partial charge is 0.466 e. The van der Waals surface area contributed by atoms with E-state index >= 15 is 0 Å². The summed E-state index contributed by atoms with van der Waals surface area (Å²) in [5.74, 6) is 1.39. The van der Waals surface area contributed by atoms with Gasteiger partial charge in [0.15, 0.2) is 0 Å². The van der Waals surface area contributed by atoms with Crippen molar-refractivity contribution in [2.45, 2.75) is 19.1 Å². The zero-order valence-electron chi connectivity index (χ0n) is 10.3. The summed E-state index contributed by atoms with van der Waals surface area (Å²) in [4.78, 5) is 11.6. The van der Waals surface area contributed by atoms with Crippen molar-refractivity contribution in [2.75, 3.05) is 12.4 Å². The van der Waals surface area contributed by atoms with E-state index in [-0.39, 0.29) is 5.97 Å². The van der Waals surface area contributed by atoms with Gasteiger partial charge in [-0.25, -0.2) is 0 Å². The number of nitrogens with two attached hydrogens (primary N) is 1. The number of thiocarbonyl (C=S) groups is 1. The number of ether oxygens (including phenoxy) is 1. The Morgan fingerprint density at radius 2 is 2.17 bits per heavy atom. The molecule has 1 aromatic carbocycles. The molecule has 0 radical (unpaired) electrons. The molecule has 0 aliphatic rings. The van der Waals surface area contributed by atoms with Crippen LogP contribution >= 0.6 is 24.0 Å². The number of benzene rings is 1. The summed E-state index contributed by atoms with van der Waals surface area (Å²) in [6.07, 6.45) is 0.438. The van der Waals surface area contributed by atoms with E-state index in [1.54, 1.807) is 11.8 Å². The molecule has 18 heavy (non-hydrogen) atoms. The van der Waals surface area contributed by atoms with Crippen LogP contribution in [0.25, 0.3) is 0 Å². The Morgan fingerprint density at radius 3 is 2.83 bits per heavy atom. The van der Waals surface area contributed by atoms with Crippen LogP contribution < -0.4 is 5.73 Å². The molecule has 1 aromatic rings. The lowest BCUT2D eigenvalue weighted by atomic mass is 10.1. The van der Waals surface area contributed by atoms with Crippen LogP contribution in [0.2, 0.25) is 0 Å². The summed E-state index contributed by atoms with van der Waals surface area (Å²) < 4.78 is 4.86. The van der Waals surface area contributed by atoms with Crippen LogP contribution in [0.3, 0.4) is 0 Å². The third kappa shape index (κ3) is 5.06. The Hall–Kier alpha value is -1.07. The highest BCUT2D eigenvalue weighted by Gasteiger charge is 2.05. The minimum Gasteiger partial charge on any atom is -0.466 e. The van der Waals surface area contributed by atoms with Crippen molar-refractivity contribution in [3.05, 3.63) is 35.4 Å². The molecule has 0 spiro atoms. The standard InChI is InChI=1S/C13H17NO2S2/c1-2-16-12(15)7-8-18-9-10-5-3-4-6-11(10)13(14)17/h3-6H,2,7-9H2,1H3,(H2,14,17). The third-order valence-electron chi connectivity index (χ3n) is 2.30. The van der Waals surface area contributed by atoms with Crippen LogP contribution in [-0.4, -0.2) is 23.3 Å². The maximum absolute atomic E-state index is 11.2. The van der Waals surface area contributed by atoms with Gasteiger partial charge in [-0.15, -0.1) is 0 Å². The maximum Gasteiger partial charge on any atom is 0.306 e. The van der Waals surface area contributed by atoms with Crippen molar-refractivity contribution in [3.63, 3.8) is 0 Å². The summed E-state index contributed by atoms with van der Waals surface area (Å²) in [6.45, 7) is 2.25. The van der Waals surface area contributed by atoms with Crippen LogP contribution in [0.1, 0.15) is 24.5 Å². The molecule has 3 nitrogen and oxygen atoms in total. The third-order valence-corrected chi connectivity index (χ3v) is 3.52. The molecule has 0 bridgehead atoms. The highest BCUT2D eigenvalue weighted by atomic mass is 32.2. The van der Waals surface area contributed by atoms with E-state index in [2.05, 4.69) is 0 Å². The van der Waals surface area contributed by atoms with E-state index in [0.717, 1.165) is 22.6 Å². The zero-order chi connectivity index (χ0) is 13.4. The first-order valence-corrected chi connectivity index (χ1v) is 7.32. The molecule has 0 atom stereocenters. The highest BCUT2D eigenvalue weighted by molar-refractivity contribution is 7.98. The Bertz CT molecular complexity index is 421. The molecule has 0 saturated heterocycles. The Balaban J connectivity index is 2.40. The number of thioether (sulfide) groups is 1. The minimum absolute atomic E-state index is 0.146. The van der Waals surface area contributed by atoms with Gasteiger partial charge in [0.05, 0.1) is 13.0 Å². The fourth-order valence-corrected chi connectivity index (χ4v) is 2.58. The number of rotatable bonds is 7. The first-order valence-electron chi connectivity index (χ1n) is 5.76. The molecule has 0 amide bonds. The zero-order valence-corrected chi connectivity index (χ0v) is 12.0. The van der Waals surface area contributed by atoms with Crippen molar-refractivity contribution >= 4 is 34.9 Å². The Kier molecular flexibility index (Phi) is 6.75. The minimum atomic E-state index is -0.146. The summed E-state index contributed by atoms with van der Waals surface area (Å²) in [6, 6.07) is 7.81. The lowest BCUT2D eigenvalue weighted by Gasteiger charge is -2.07. The molecule has 2 N–H and O–H groups in total. The molecule has 5 heteroatoms. The van der Waals surface area contributed by atoms with Crippen LogP contribution in [0.4, 0.5) is 0 Å². The van der Waals surface area contributed by atoms with Crippen molar-refractivity contribution in [3.8, 4) is 0 Å². The first-order chi connectivity index (χ1) is 8.65. The second kappa shape index (κ2) is 8.11. The van der Waals surface area contributed by atoms with Crippen molar-refractivity contribution < 1.29 is 9.53 Å². The van der Waals surface area contributed by atoms with Crippen LogP contribution in [0.5, 0.6) is 0 Å². The molecular formula is C13H17NO2S2. The highest BCUT2D eigenvalue weighted by Crippen LogP contribution is 2.17. The Labute approximate surface area is 117 Å². The molecule has 0 aliphatic heterocycles. The topological polar surface area (TPSA) is 52.3 Å². The average molecular weight is 283 g/mol. The van der Waals surface area contributed by atoms with Gasteiger partial charge in [0.1, 0.15) is 4.99 Å². The normalized spacial score (nSPS) is 10.1. The molecule has 0 aliphatic carbocycles. The molecule has 0 unspecified atom stereocenters. The quantitative estimate of drug-likeness (QED) is 0.473.